The molecule has 0 saturated heterocycles. The van der Waals surface area contributed by atoms with Gasteiger partial charge in [0.15, 0.2) is 0 Å². The fraction of sp³-hybridized carbons (Fsp3) is 0.600. The van der Waals surface area contributed by atoms with E-state index < -0.39 is 11.8 Å². The van der Waals surface area contributed by atoms with Crippen molar-refractivity contribution in [3.8, 4) is 0 Å². The highest BCUT2D eigenvalue weighted by Gasteiger charge is 2.18. The van der Waals surface area contributed by atoms with Crippen LogP contribution in [0.1, 0.15) is 97.1 Å². The van der Waals surface area contributed by atoms with E-state index in [2.05, 4.69) is 13.8 Å². The van der Waals surface area contributed by atoms with E-state index in [1.54, 1.807) is 12.1 Å². The van der Waals surface area contributed by atoms with Gasteiger partial charge in [0.05, 0.1) is 0 Å². The minimum Gasteiger partial charge on any atom is -0.366 e. The van der Waals surface area contributed by atoms with E-state index in [-0.39, 0.29) is 0 Å². The van der Waals surface area contributed by atoms with E-state index in [1.807, 2.05) is 0 Å². The van der Waals surface area contributed by atoms with Crippen LogP contribution in [0.2, 0.25) is 0 Å². The van der Waals surface area contributed by atoms with Crippen molar-refractivity contribution in [2.24, 2.45) is 11.5 Å². The average molecular weight is 332 g/mol. The van der Waals surface area contributed by atoms with Gasteiger partial charge in [-0.05, 0) is 48.9 Å². The van der Waals surface area contributed by atoms with Crippen molar-refractivity contribution in [2.75, 3.05) is 0 Å². The molecule has 4 heteroatoms. The maximum atomic E-state index is 11.8. The molecular weight excluding hydrogens is 300 g/mol. The van der Waals surface area contributed by atoms with Gasteiger partial charge < -0.3 is 11.5 Å². The van der Waals surface area contributed by atoms with Crippen molar-refractivity contribution < 1.29 is 9.59 Å². The molecule has 1 aromatic carbocycles. The molecule has 1 aromatic rings. The topological polar surface area (TPSA) is 86.2 Å². The van der Waals surface area contributed by atoms with Crippen LogP contribution in [0.25, 0.3) is 0 Å². The molecule has 0 fully saturated rings. The van der Waals surface area contributed by atoms with Crippen molar-refractivity contribution >= 4 is 11.8 Å². The average Bonchev–Trinajstić information content (AvgIpc) is 2.55. The summed E-state index contributed by atoms with van der Waals surface area (Å²) in [6, 6.07) is 3.32. The summed E-state index contributed by atoms with van der Waals surface area (Å²) < 4.78 is 0. The van der Waals surface area contributed by atoms with E-state index in [0.717, 1.165) is 62.5 Å². The molecule has 0 saturated carbocycles. The highest BCUT2D eigenvalue weighted by Crippen LogP contribution is 2.24. The summed E-state index contributed by atoms with van der Waals surface area (Å²) >= 11 is 0. The molecule has 0 atom stereocenters. The molecule has 0 radical (unpaired) electrons. The number of primary amides is 2. The number of benzene rings is 1. The summed E-state index contributed by atoms with van der Waals surface area (Å²) in [5, 5.41) is 0. The summed E-state index contributed by atoms with van der Waals surface area (Å²) in [7, 11) is 0. The minimum absolute atomic E-state index is 0.425. The smallest absolute Gasteiger partial charge is 0.248 e. The van der Waals surface area contributed by atoms with E-state index in [9.17, 15) is 9.59 Å². The molecular formula is C20H32N2O2. The van der Waals surface area contributed by atoms with E-state index in [1.165, 1.54) is 12.8 Å². The Morgan fingerprint density at radius 2 is 1.08 bits per heavy atom. The summed E-state index contributed by atoms with van der Waals surface area (Å²) in [6.45, 7) is 4.34. The fourth-order valence-corrected chi connectivity index (χ4v) is 3.18. The molecule has 24 heavy (non-hydrogen) atoms. The van der Waals surface area contributed by atoms with E-state index in [4.69, 9.17) is 11.5 Å². The fourth-order valence-electron chi connectivity index (χ4n) is 3.18. The Morgan fingerprint density at radius 1 is 0.708 bits per heavy atom. The second-order valence-electron chi connectivity index (χ2n) is 6.47. The largest absolute Gasteiger partial charge is 0.366 e. The maximum Gasteiger partial charge on any atom is 0.248 e. The van der Waals surface area contributed by atoms with Gasteiger partial charge in [-0.3, -0.25) is 9.59 Å². The normalized spacial score (nSPS) is 10.8. The van der Waals surface area contributed by atoms with Crippen LogP contribution in [0.5, 0.6) is 0 Å². The molecule has 134 valence electrons. The number of carbonyl (C=O) groups is 2. The Bertz CT molecular complexity index is 504. The Balaban J connectivity index is 3.11. The lowest BCUT2D eigenvalue weighted by atomic mass is 9.88. The highest BCUT2D eigenvalue weighted by atomic mass is 16.1. The van der Waals surface area contributed by atoms with Crippen molar-refractivity contribution in [3.63, 3.8) is 0 Å². The summed E-state index contributed by atoms with van der Waals surface area (Å²) in [6.07, 6.45) is 10.5. The predicted molar refractivity (Wildman–Crippen MR) is 99.2 cm³/mol. The Hall–Kier alpha value is -1.84. The quantitative estimate of drug-likeness (QED) is 0.564. The van der Waals surface area contributed by atoms with Crippen LogP contribution in [-0.2, 0) is 12.8 Å². The van der Waals surface area contributed by atoms with E-state index >= 15 is 0 Å². The molecule has 0 heterocycles. The van der Waals surface area contributed by atoms with Gasteiger partial charge in [0.25, 0.3) is 0 Å². The van der Waals surface area contributed by atoms with Gasteiger partial charge in [-0.2, -0.15) is 0 Å². The summed E-state index contributed by atoms with van der Waals surface area (Å²) in [4.78, 5) is 23.7. The van der Waals surface area contributed by atoms with Gasteiger partial charge in [0.2, 0.25) is 11.8 Å². The van der Waals surface area contributed by atoms with Crippen LogP contribution in [-0.4, -0.2) is 11.8 Å². The number of rotatable bonds is 12. The summed E-state index contributed by atoms with van der Waals surface area (Å²) in [5.41, 5.74) is 14.1. The Kier molecular flexibility index (Phi) is 9.13. The monoisotopic (exact) mass is 332 g/mol. The third-order valence-corrected chi connectivity index (χ3v) is 4.52. The van der Waals surface area contributed by atoms with Crippen LogP contribution in [0.3, 0.4) is 0 Å². The van der Waals surface area contributed by atoms with Gasteiger partial charge >= 0.3 is 0 Å². The second kappa shape index (κ2) is 10.8. The second-order valence-corrected chi connectivity index (χ2v) is 6.47. The number of amides is 2. The molecule has 0 bridgehead atoms. The van der Waals surface area contributed by atoms with Crippen molar-refractivity contribution in [2.45, 2.75) is 78.1 Å². The van der Waals surface area contributed by atoms with Crippen LogP contribution in [0.4, 0.5) is 0 Å². The third kappa shape index (κ3) is 5.99. The number of hydrogen-bond donors (Lipinski definition) is 2. The molecule has 0 aliphatic carbocycles. The molecule has 4 N–H and O–H groups in total. The maximum absolute atomic E-state index is 11.8. The first-order valence-electron chi connectivity index (χ1n) is 9.27. The lowest BCUT2D eigenvalue weighted by molar-refractivity contribution is 0.0986. The van der Waals surface area contributed by atoms with Crippen LogP contribution < -0.4 is 11.5 Å². The Morgan fingerprint density at radius 3 is 1.38 bits per heavy atom. The lowest BCUT2D eigenvalue weighted by Gasteiger charge is -2.16. The van der Waals surface area contributed by atoms with Crippen LogP contribution in [0, 0.1) is 0 Å². The molecule has 0 unspecified atom stereocenters. The molecule has 0 spiro atoms. The SMILES string of the molecule is CCCCCCc1c(C(N)=O)ccc(C(N)=O)c1CCCCCC. The van der Waals surface area contributed by atoms with Gasteiger partial charge in [0, 0.05) is 11.1 Å². The molecule has 0 aliphatic rings. The molecule has 0 aliphatic heterocycles. The number of carbonyl (C=O) groups excluding carboxylic acids is 2. The number of unbranched alkanes of at least 4 members (excludes halogenated alkanes) is 6. The van der Waals surface area contributed by atoms with Crippen LogP contribution >= 0.6 is 0 Å². The van der Waals surface area contributed by atoms with Gasteiger partial charge in [-0.1, -0.05) is 52.4 Å². The van der Waals surface area contributed by atoms with E-state index in [0.29, 0.717) is 11.1 Å². The van der Waals surface area contributed by atoms with Crippen molar-refractivity contribution in [1.29, 1.82) is 0 Å². The highest BCUT2D eigenvalue weighted by molar-refractivity contribution is 5.99. The van der Waals surface area contributed by atoms with Crippen molar-refractivity contribution in [3.05, 3.63) is 34.4 Å². The van der Waals surface area contributed by atoms with Gasteiger partial charge in [-0.15, -0.1) is 0 Å². The first kappa shape index (κ1) is 20.2. The first-order chi connectivity index (χ1) is 11.5. The predicted octanol–water partition coefficient (Wildman–Crippen LogP) is 4.13. The number of nitrogens with two attached hydrogens (primary N) is 2. The van der Waals surface area contributed by atoms with Crippen LogP contribution in [0.15, 0.2) is 12.1 Å². The lowest BCUT2D eigenvalue weighted by Crippen LogP contribution is -2.20. The zero-order valence-electron chi connectivity index (χ0n) is 15.2. The van der Waals surface area contributed by atoms with Gasteiger partial charge in [0.1, 0.15) is 0 Å². The molecule has 2 amide bonds. The van der Waals surface area contributed by atoms with Gasteiger partial charge in [-0.25, -0.2) is 0 Å². The summed E-state index contributed by atoms with van der Waals surface area (Å²) in [5.74, 6) is -0.849. The first-order valence-corrected chi connectivity index (χ1v) is 9.27. The molecule has 4 nitrogen and oxygen atoms in total. The zero-order chi connectivity index (χ0) is 17.9. The van der Waals surface area contributed by atoms with Crippen molar-refractivity contribution in [1.82, 2.24) is 0 Å². The molecule has 0 aromatic heterocycles. The number of hydrogen-bond acceptors (Lipinski definition) is 2. The zero-order valence-corrected chi connectivity index (χ0v) is 15.2. The Labute approximate surface area is 146 Å². The third-order valence-electron chi connectivity index (χ3n) is 4.52. The molecule has 1 rings (SSSR count). The standard InChI is InChI=1S/C20H32N2O2/c1-3-5-7-9-11-15-16(12-10-8-6-4-2)18(20(22)24)14-13-17(15)19(21)23/h13-14H,3-12H2,1-2H3,(H2,21,23)(H2,22,24). The minimum atomic E-state index is -0.425.